The molecule has 0 bridgehead atoms. The first kappa shape index (κ1) is 16.9. The molecule has 0 saturated heterocycles. The highest BCUT2D eigenvalue weighted by Gasteiger charge is 2.17. The van der Waals surface area contributed by atoms with E-state index in [0.717, 1.165) is 31.1 Å². The van der Waals surface area contributed by atoms with Gasteiger partial charge in [-0.3, -0.25) is 10.1 Å². The van der Waals surface area contributed by atoms with E-state index in [-0.39, 0.29) is 10.6 Å². The summed E-state index contributed by atoms with van der Waals surface area (Å²) in [5.74, 6) is 0. The first-order valence-corrected chi connectivity index (χ1v) is 8.31. The van der Waals surface area contributed by atoms with Crippen molar-refractivity contribution in [3.63, 3.8) is 0 Å². The zero-order valence-corrected chi connectivity index (χ0v) is 13.5. The molecule has 1 aromatic rings. The molecule has 2 rings (SSSR count). The van der Waals surface area contributed by atoms with E-state index in [9.17, 15) is 10.1 Å². The Morgan fingerprint density at radius 3 is 2.73 bits per heavy atom. The summed E-state index contributed by atoms with van der Waals surface area (Å²) in [4.78, 5) is 13.1. The number of para-hydroxylation sites is 1. The van der Waals surface area contributed by atoms with Crippen LogP contribution in [0.2, 0.25) is 0 Å². The Bertz CT molecular complexity index is 473. The van der Waals surface area contributed by atoms with Crippen LogP contribution in [0.1, 0.15) is 44.1 Å². The zero-order valence-electron chi connectivity index (χ0n) is 13.5. The molecule has 1 aliphatic rings. The van der Waals surface area contributed by atoms with Crippen LogP contribution in [0.25, 0.3) is 0 Å². The van der Waals surface area contributed by atoms with Gasteiger partial charge in [0, 0.05) is 24.2 Å². The van der Waals surface area contributed by atoms with Gasteiger partial charge in [0.25, 0.3) is 5.69 Å². The van der Waals surface area contributed by atoms with Gasteiger partial charge in [0.05, 0.1) is 4.92 Å². The van der Waals surface area contributed by atoms with Crippen molar-refractivity contribution >= 4 is 5.69 Å². The Hall–Kier alpha value is -1.46. The van der Waals surface area contributed by atoms with Gasteiger partial charge in [-0.2, -0.15) is 0 Å². The number of hydrogen-bond donors (Lipinski definition) is 1. The van der Waals surface area contributed by atoms with Gasteiger partial charge in [0.1, 0.15) is 0 Å². The summed E-state index contributed by atoms with van der Waals surface area (Å²) in [6, 6.07) is 7.69. The lowest BCUT2D eigenvalue weighted by molar-refractivity contribution is -0.385. The molecule has 5 heteroatoms. The smallest absolute Gasteiger partial charge is 0.273 e. The van der Waals surface area contributed by atoms with Crippen LogP contribution in [0, 0.1) is 10.1 Å². The van der Waals surface area contributed by atoms with Gasteiger partial charge in [-0.25, -0.2) is 0 Å². The van der Waals surface area contributed by atoms with Crippen LogP contribution in [0.15, 0.2) is 24.3 Å². The number of rotatable bonds is 8. The quantitative estimate of drug-likeness (QED) is 0.454. The Balaban J connectivity index is 1.66. The van der Waals surface area contributed by atoms with Gasteiger partial charge < -0.3 is 10.2 Å². The summed E-state index contributed by atoms with van der Waals surface area (Å²) in [6.07, 6.45) is 7.87. The summed E-state index contributed by atoms with van der Waals surface area (Å²) < 4.78 is 0. The number of nitrogens with zero attached hydrogens (tertiary/aromatic N) is 2. The van der Waals surface area contributed by atoms with Gasteiger partial charge in [0.2, 0.25) is 0 Å². The second-order valence-electron chi connectivity index (χ2n) is 6.19. The maximum absolute atomic E-state index is 10.9. The average molecular weight is 305 g/mol. The van der Waals surface area contributed by atoms with Gasteiger partial charge >= 0.3 is 0 Å². The lowest BCUT2D eigenvalue weighted by Gasteiger charge is -2.31. The zero-order chi connectivity index (χ0) is 15.8. The molecule has 0 unspecified atom stereocenters. The molecule has 0 radical (unpaired) electrons. The van der Waals surface area contributed by atoms with E-state index in [2.05, 4.69) is 17.3 Å². The summed E-state index contributed by atoms with van der Waals surface area (Å²) >= 11 is 0. The van der Waals surface area contributed by atoms with E-state index in [1.807, 2.05) is 12.1 Å². The van der Waals surface area contributed by atoms with E-state index >= 15 is 0 Å². The molecule has 1 aromatic carbocycles. The fraction of sp³-hybridized carbons (Fsp3) is 0.647. The molecule has 122 valence electrons. The molecular formula is C17H27N3O2. The van der Waals surface area contributed by atoms with Crippen molar-refractivity contribution in [1.29, 1.82) is 0 Å². The lowest BCUT2D eigenvalue weighted by atomic mass is 9.94. The fourth-order valence-electron chi connectivity index (χ4n) is 3.22. The van der Waals surface area contributed by atoms with Crippen LogP contribution in [0.4, 0.5) is 5.69 Å². The third-order valence-electron chi connectivity index (χ3n) is 4.57. The minimum absolute atomic E-state index is 0.203. The second kappa shape index (κ2) is 8.86. The molecule has 0 spiro atoms. The third kappa shape index (κ3) is 5.07. The van der Waals surface area contributed by atoms with Crippen LogP contribution in [0.3, 0.4) is 0 Å². The van der Waals surface area contributed by atoms with Gasteiger partial charge in [-0.1, -0.05) is 37.5 Å². The fourth-order valence-corrected chi connectivity index (χ4v) is 3.22. The number of benzene rings is 1. The number of nitro groups is 1. The predicted molar refractivity (Wildman–Crippen MR) is 88.9 cm³/mol. The largest absolute Gasteiger partial charge is 0.312 e. The van der Waals surface area contributed by atoms with Crippen LogP contribution < -0.4 is 5.32 Å². The highest BCUT2D eigenvalue weighted by atomic mass is 16.6. The first-order chi connectivity index (χ1) is 10.7. The van der Waals surface area contributed by atoms with Gasteiger partial charge in [-0.05, 0) is 39.4 Å². The minimum Gasteiger partial charge on any atom is -0.312 e. The molecule has 0 aliphatic heterocycles. The van der Waals surface area contributed by atoms with Crippen molar-refractivity contribution < 1.29 is 4.92 Å². The van der Waals surface area contributed by atoms with Crippen molar-refractivity contribution in [1.82, 2.24) is 10.2 Å². The third-order valence-corrected chi connectivity index (χ3v) is 4.57. The molecule has 1 saturated carbocycles. The summed E-state index contributed by atoms with van der Waals surface area (Å²) in [6.45, 7) is 2.54. The first-order valence-electron chi connectivity index (χ1n) is 8.31. The number of nitro benzene ring substituents is 1. The highest BCUT2D eigenvalue weighted by Crippen LogP contribution is 2.21. The van der Waals surface area contributed by atoms with Crippen molar-refractivity contribution in [2.45, 2.75) is 51.1 Å². The minimum atomic E-state index is -0.312. The maximum atomic E-state index is 10.9. The van der Waals surface area contributed by atoms with E-state index in [0.29, 0.717) is 6.54 Å². The van der Waals surface area contributed by atoms with E-state index < -0.39 is 0 Å². The molecule has 1 fully saturated rings. The average Bonchev–Trinajstić information content (AvgIpc) is 2.55. The Kier molecular flexibility index (Phi) is 6.80. The van der Waals surface area contributed by atoms with Crippen LogP contribution in [-0.4, -0.2) is 36.0 Å². The van der Waals surface area contributed by atoms with E-state index in [1.54, 1.807) is 12.1 Å². The molecule has 1 N–H and O–H groups in total. The molecular weight excluding hydrogens is 278 g/mol. The SMILES string of the molecule is CN(CCCNCc1ccccc1[N+](=O)[O-])C1CCCCC1. The van der Waals surface area contributed by atoms with Crippen LogP contribution in [-0.2, 0) is 6.54 Å². The Morgan fingerprint density at radius 2 is 2.00 bits per heavy atom. The van der Waals surface area contributed by atoms with E-state index in [4.69, 9.17) is 0 Å². The van der Waals surface area contributed by atoms with Crippen LogP contribution in [0.5, 0.6) is 0 Å². The van der Waals surface area contributed by atoms with Crippen molar-refractivity contribution in [2.75, 3.05) is 20.1 Å². The van der Waals surface area contributed by atoms with Crippen LogP contribution >= 0.6 is 0 Å². The lowest BCUT2D eigenvalue weighted by Crippen LogP contribution is -2.35. The predicted octanol–water partition coefficient (Wildman–Crippen LogP) is 3.34. The summed E-state index contributed by atoms with van der Waals surface area (Å²) in [7, 11) is 2.22. The Morgan fingerprint density at radius 1 is 1.27 bits per heavy atom. The number of hydrogen-bond acceptors (Lipinski definition) is 4. The number of nitrogens with one attached hydrogen (secondary N) is 1. The van der Waals surface area contributed by atoms with E-state index in [1.165, 1.54) is 32.1 Å². The molecule has 0 aromatic heterocycles. The second-order valence-corrected chi connectivity index (χ2v) is 6.19. The maximum Gasteiger partial charge on any atom is 0.273 e. The molecule has 5 nitrogen and oxygen atoms in total. The van der Waals surface area contributed by atoms with Gasteiger partial charge in [0.15, 0.2) is 0 Å². The molecule has 0 atom stereocenters. The summed E-state index contributed by atoms with van der Waals surface area (Å²) in [5, 5.41) is 14.3. The topological polar surface area (TPSA) is 58.4 Å². The molecule has 0 amide bonds. The standard InChI is InChI=1S/C17H27N3O2/c1-19(16-9-3-2-4-10-16)13-7-12-18-14-15-8-5-6-11-17(15)20(21)22/h5-6,8,11,16,18H,2-4,7,9-10,12-14H2,1H3. The molecule has 0 heterocycles. The van der Waals surface area contributed by atoms with Gasteiger partial charge in [-0.15, -0.1) is 0 Å². The molecule has 22 heavy (non-hydrogen) atoms. The monoisotopic (exact) mass is 305 g/mol. The summed E-state index contributed by atoms with van der Waals surface area (Å²) in [5.41, 5.74) is 0.961. The normalized spacial score (nSPS) is 16.1. The highest BCUT2D eigenvalue weighted by molar-refractivity contribution is 5.39. The van der Waals surface area contributed by atoms with Crippen molar-refractivity contribution in [3.05, 3.63) is 39.9 Å². The molecule has 1 aliphatic carbocycles. The van der Waals surface area contributed by atoms with Crippen molar-refractivity contribution in [3.8, 4) is 0 Å². The van der Waals surface area contributed by atoms with Crippen molar-refractivity contribution in [2.24, 2.45) is 0 Å². The Labute approximate surface area is 132 Å².